The van der Waals surface area contributed by atoms with E-state index in [1.807, 2.05) is 54.2 Å². The van der Waals surface area contributed by atoms with Gasteiger partial charge in [-0.05, 0) is 44.2 Å². The summed E-state index contributed by atoms with van der Waals surface area (Å²) in [6.45, 7) is 11.4. The van der Waals surface area contributed by atoms with Crippen molar-refractivity contribution in [1.29, 1.82) is 0 Å². The van der Waals surface area contributed by atoms with Gasteiger partial charge in [-0.15, -0.1) is 0 Å². The summed E-state index contributed by atoms with van der Waals surface area (Å²) in [6.07, 6.45) is 16.4. The van der Waals surface area contributed by atoms with Gasteiger partial charge in [-0.2, -0.15) is 5.10 Å². The third-order valence-electron chi connectivity index (χ3n) is 6.49. The molecule has 0 unspecified atom stereocenters. The summed E-state index contributed by atoms with van der Waals surface area (Å²) in [4.78, 5) is 24.5. The van der Waals surface area contributed by atoms with E-state index in [1.165, 1.54) is 0 Å². The lowest BCUT2D eigenvalue weighted by molar-refractivity contribution is -0.122. The molecule has 0 aliphatic carbocycles. The predicted molar refractivity (Wildman–Crippen MR) is 130 cm³/mol. The van der Waals surface area contributed by atoms with Crippen LogP contribution in [0.1, 0.15) is 30.9 Å². The quantitative estimate of drug-likeness (QED) is 0.727. The Hall–Kier alpha value is -3.45. The van der Waals surface area contributed by atoms with Crippen molar-refractivity contribution in [3.8, 4) is 0 Å². The number of piperazine rings is 1. The fourth-order valence-corrected chi connectivity index (χ4v) is 4.58. The van der Waals surface area contributed by atoms with Crippen LogP contribution in [0.5, 0.6) is 0 Å². The Morgan fingerprint density at radius 1 is 1.03 bits per heavy atom. The van der Waals surface area contributed by atoms with Crippen LogP contribution in [-0.4, -0.2) is 67.9 Å². The highest BCUT2D eigenvalue weighted by Gasteiger charge is 2.23. The summed E-state index contributed by atoms with van der Waals surface area (Å²) < 4.78 is 1.87. The molecule has 3 aliphatic heterocycles. The minimum absolute atomic E-state index is 0.0725. The maximum absolute atomic E-state index is 13.3. The highest BCUT2D eigenvalue weighted by atomic mass is 16.2. The van der Waals surface area contributed by atoms with Crippen LogP contribution in [0.4, 0.5) is 0 Å². The molecule has 5 heterocycles. The zero-order chi connectivity index (χ0) is 22.9. The highest BCUT2D eigenvalue weighted by Crippen LogP contribution is 2.26. The maximum atomic E-state index is 13.3. The molecule has 0 N–H and O–H groups in total. The van der Waals surface area contributed by atoms with Crippen LogP contribution in [0.25, 0.3) is 11.1 Å². The third-order valence-corrected chi connectivity index (χ3v) is 6.49. The van der Waals surface area contributed by atoms with Crippen molar-refractivity contribution in [2.45, 2.75) is 27.2 Å². The Morgan fingerprint density at radius 3 is 2.58 bits per heavy atom. The smallest absolute Gasteiger partial charge is 0.255 e. The summed E-state index contributed by atoms with van der Waals surface area (Å²) in [5.41, 5.74) is 6.42. The summed E-state index contributed by atoms with van der Waals surface area (Å²) in [7, 11) is 0. The number of aryl methyl sites for hydroxylation is 2. The molecule has 3 aliphatic rings. The van der Waals surface area contributed by atoms with Gasteiger partial charge >= 0.3 is 0 Å². The maximum Gasteiger partial charge on any atom is 0.255 e. The molecule has 1 saturated heterocycles. The number of aromatic nitrogens is 3. The topological polar surface area (TPSA) is 57.0 Å². The van der Waals surface area contributed by atoms with Gasteiger partial charge in [0.2, 0.25) is 0 Å². The Balaban J connectivity index is 1.45. The summed E-state index contributed by atoms with van der Waals surface area (Å²) in [5.74, 6) is -0.0725. The van der Waals surface area contributed by atoms with E-state index in [0.29, 0.717) is 0 Å². The molecule has 2 aromatic heterocycles. The highest BCUT2D eigenvalue weighted by molar-refractivity contribution is 5.99. The number of carbonyl (C=O) groups is 1. The Morgan fingerprint density at radius 2 is 1.82 bits per heavy atom. The van der Waals surface area contributed by atoms with Crippen LogP contribution in [0, 0.1) is 6.92 Å². The lowest BCUT2D eigenvalue weighted by Crippen LogP contribution is -2.46. The van der Waals surface area contributed by atoms with Gasteiger partial charge in [-0.3, -0.25) is 14.7 Å². The van der Waals surface area contributed by atoms with Gasteiger partial charge < -0.3 is 9.80 Å². The van der Waals surface area contributed by atoms with Gasteiger partial charge in [0, 0.05) is 49.7 Å². The Labute approximate surface area is 194 Å². The molecule has 1 amide bonds. The van der Waals surface area contributed by atoms with E-state index in [0.717, 1.165) is 78.7 Å². The van der Waals surface area contributed by atoms with E-state index < -0.39 is 0 Å². The van der Waals surface area contributed by atoms with Crippen molar-refractivity contribution >= 4 is 17.0 Å². The molecule has 5 rings (SSSR count). The first-order valence-electron chi connectivity index (χ1n) is 11.7. The minimum atomic E-state index is -0.0725. The standard InChI is InChI=1S/C26H30N6O/c1-4-23-25-16-24(28-32(25)17-19(3)27-23)20-7-6-8-21-9-10-22(18-31(21)26(33)15-20)30-13-11-29(5-2)12-14-30/h6-10,15-18H,4-5,11-14H2,1-3H3/b7-6+,20-15+,21-8+. The fourth-order valence-electron chi connectivity index (χ4n) is 4.58. The van der Waals surface area contributed by atoms with Gasteiger partial charge in [0.05, 0.1) is 34.5 Å². The van der Waals surface area contributed by atoms with Gasteiger partial charge in [0.25, 0.3) is 5.91 Å². The lowest BCUT2D eigenvalue weighted by atomic mass is 10.1. The van der Waals surface area contributed by atoms with Crippen molar-refractivity contribution in [3.63, 3.8) is 0 Å². The number of amides is 1. The molecule has 33 heavy (non-hydrogen) atoms. The molecule has 0 radical (unpaired) electrons. The zero-order valence-corrected chi connectivity index (χ0v) is 19.5. The van der Waals surface area contributed by atoms with E-state index in [2.05, 4.69) is 34.7 Å². The Bertz CT molecular complexity index is 1240. The van der Waals surface area contributed by atoms with Crippen LogP contribution in [0.3, 0.4) is 0 Å². The average molecular weight is 443 g/mol. The molecular formula is C26H30N6O. The van der Waals surface area contributed by atoms with Crippen molar-refractivity contribution in [2.24, 2.45) is 0 Å². The number of carbonyl (C=O) groups excluding carboxylic acids is 1. The van der Waals surface area contributed by atoms with E-state index in [4.69, 9.17) is 5.10 Å². The third kappa shape index (κ3) is 4.16. The average Bonchev–Trinajstić information content (AvgIpc) is 3.25. The van der Waals surface area contributed by atoms with Crippen molar-refractivity contribution in [3.05, 3.63) is 83.4 Å². The number of nitrogens with zero attached hydrogens (tertiary/aromatic N) is 6. The number of fused-ring (bicyclic) bond motifs is 2. The second-order valence-corrected chi connectivity index (χ2v) is 8.61. The molecule has 0 bridgehead atoms. The molecule has 1 fully saturated rings. The van der Waals surface area contributed by atoms with Crippen molar-refractivity contribution in [1.82, 2.24) is 29.3 Å². The number of hydrogen-bond donors (Lipinski definition) is 0. The van der Waals surface area contributed by atoms with Gasteiger partial charge in [0.1, 0.15) is 0 Å². The molecule has 0 aromatic carbocycles. The molecule has 7 nitrogen and oxygen atoms in total. The van der Waals surface area contributed by atoms with E-state index >= 15 is 0 Å². The number of rotatable bonds is 4. The summed E-state index contributed by atoms with van der Waals surface area (Å²) in [5, 5.41) is 4.74. The van der Waals surface area contributed by atoms with E-state index in [9.17, 15) is 4.79 Å². The summed E-state index contributed by atoms with van der Waals surface area (Å²) in [6, 6.07) is 2.02. The van der Waals surface area contributed by atoms with Gasteiger partial charge in [-0.1, -0.05) is 26.0 Å². The van der Waals surface area contributed by atoms with Crippen LogP contribution >= 0.6 is 0 Å². The molecule has 0 atom stereocenters. The van der Waals surface area contributed by atoms with E-state index in [1.54, 1.807) is 11.0 Å². The van der Waals surface area contributed by atoms with Crippen LogP contribution < -0.4 is 0 Å². The molecule has 0 spiro atoms. The SMILES string of the molecule is CCc1nc(C)cn2nc(C3=C\C(=O)N4C=C(N5CCN(CC)CC5)C=C\C4=C/C=C/3)cc12. The first-order valence-corrected chi connectivity index (χ1v) is 11.7. The van der Waals surface area contributed by atoms with Crippen LogP contribution in [0.15, 0.2) is 66.3 Å². The summed E-state index contributed by atoms with van der Waals surface area (Å²) >= 11 is 0. The number of likely N-dealkylation sites (N-methyl/N-ethyl adjacent to an activating group) is 1. The normalized spacial score (nSPS) is 23.4. The molecule has 2 aromatic rings. The lowest BCUT2D eigenvalue weighted by Gasteiger charge is -2.37. The number of hydrogen-bond acceptors (Lipinski definition) is 5. The molecule has 0 saturated carbocycles. The van der Waals surface area contributed by atoms with Crippen molar-refractivity contribution < 1.29 is 4.79 Å². The van der Waals surface area contributed by atoms with Crippen LogP contribution in [0.2, 0.25) is 0 Å². The van der Waals surface area contributed by atoms with Crippen LogP contribution in [-0.2, 0) is 11.2 Å². The van der Waals surface area contributed by atoms with E-state index in [-0.39, 0.29) is 5.91 Å². The second-order valence-electron chi connectivity index (χ2n) is 8.61. The predicted octanol–water partition coefficient (Wildman–Crippen LogP) is 3.31. The van der Waals surface area contributed by atoms with Gasteiger partial charge in [0.15, 0.2) is 0 Å². The Kier molecular flexibility index (Phi) is 5.72. The number of allylic oxidation sites excluding steroid dienone is 6. The first kappa shape index (κ1) is 21.4. The largest absolute Gasteiger partial charge is 0.368 e. The molecule has 170 valence electrons. The minimum Gasteiger partial charge on any atom is -0.368 e. The first-order chi connectivity index (χ1) is 16.1. The molecule has 7 heteroatoms. The zero-order valence-electron chi connectivity index (χ0n) is 19.5. The monoisotopic (exact) mass is 442 g/mol. The van der Waals surface area contributed by atoms with Crippen molar-refractivity contribution in [2.75, 3.05) is 32.7 Å². The fraction of sp³-hybridized carbons (Fsp3) is 0.346. The van der Waals surface area contributed by atoms with Gasteiger partial charge in [-0.25, -0.2) is 4.52 Å². The molecular weight excluding hydrogens is 412 g/mol. The second kappa shape index (κ2) is 8.83.